The number of anilines is 1. The lowest BCUT2D eigenvalue weighted by molar-refractivity contribution is 0.0696. The summed E-state index contributed by atoms with van der Waals surface area (Å²) in [7, 11) is -3.94. The SMILES string of the molecule is O=C(O)c1ccc(S(=O)(=O)Nc2nccnn2)c(Br)c1. The third-order valence-corrected chi connectivity index (χ3v) is 4.48. The highest BCUT2D eigenvalue weighted by Crippen LogP contribution is 2.24. The molecule has 0 saturated carbocycles. The van der Waals surface area contributed by atoms with E-state index in [1.165, 1.54) is 30.6 Å². The maximum atomic E-state index is 12.1. The number of aromatic nitrogens is 3. The number of carboxylic acid groups (broad SMARTS) is 1. The second-order valence-corrected chi connectivity index (χ2v) is 6.03. The molecule has 0 saturated heterocycles. The van der Waals surface area contributed by atoms with Crippen LogP contribution in [-0.2, 0) is 10.0 Å². The molecule has 2 aromatic rings. The van der Waals surface area contributed by atoms with Gasteiger partial charge < -0.3 is 5.11 Å². The van der Waals surface area contributed by atoms with Crippen molar-refractivity contribution in [2.75, 3.05) is 4.72 Å². The van der Waals surface area contributed by atoms with E-state index in [0.29, 0.717) is 0 Å². The Labute approximate surface area is 122 Å². The summed E-state index contributed by atoms with van der Waals surface area (Å²) in [6, 6.07) is 3.55. The van der Waals surface area contributed by atoms with Gasteiger partial charge in [0.05, 0.1) is 18.0 Å². The summed E-state index contributed by atoms with van der Waals surface area (Å²) in [6.07, 6.45) is 2.59. The molecule has 1 heterocycles. The number of benzene rings is 1. The van der Waals surface area contributed by atoms with Crippen molar-refractivity contribution in [2.45, 2.75) is 4.90 Å². The molecule has 20 heavy (non-hydrogen) atoms. The predicted molar refractivity (Wildman–Crippen MR) is 71.7 cm³/mol. The molecule has 2 rings (SSSR count). The van der Waals surface area contributed by atoms with Crippen molar-refractivity contribution in [3.63, 3.8) is 0 Å². The van der Waals surface area contributed by atoms with Gasteiger partial charge in [-0.05, 0) is 34.1 Å². The fourth-order valence-corrected chi connectivity index (χ4v) is 3.35. The number of carbonyl (C=O) groups is 1. The lowest BCUT2D eigenvalue weighted by Crippen LogP contribution is -2.16. The van der Waals surface area contributed by atoms with Crippen molar-refractivity contribution < 1.29 is 18.3 Å². The number of sulfonamides is 1. The molecular weight excluding hydrogens is 352 g/mol. The van der Waals surface area contributed by atoms with Crippen molar-refractivity contribution in [1.29, 1.82) is 0 Å². The van der Waals surface area contributed by atoms with E-state index < -0.39 is 16.0 Å². The van der Waals surface area contributed by atoms with Crippen molar-refractivity contribution in [1.82, 2.24) is 15.2 Å². The summed E-state index contributed by atoms with van der Waals surface area (Å²) >= 11 is 3.03. The lowest BCUT2D eigenvalue weighted by atomic mass is 10.2. The fraction of sp³-hybridized carbons (Fsp3) is 0. The first-order valence-corrected chi connectivity index (χ1v) is 7.37. The van der Waals surface area contributed by atoms with Crippen LogP contribution in [0, 0.1) is 0 Å². The highest BCUT2D eigenvalue weighted by molar-refractivity contribution is 9.10. The van der Waals surface area contributed by atoms with Gasteiger partial charge >= 0.3 is 5.97 Å². The second-order valence-electron chi connectivity index (χ2n) is 3.52. The van der Waals surface area contributed by atoms with Gasteiger partial charge in [0.1, 0.15) is 4.90 Å². The number of nitrogens with one attached hydrogen (secondary N) is 1. The van der Waals surface area contributed by atoms with Crippen LogP contribution in [0.2, 0.25) is 0 Å². The number of nitrogens with zero attached hydrogens (tertiary/aromatic N) is 3. The molecule has 0 aliphatic carbocycles. The minimum absolute atomic E-state index is 0.0338. The Kier molecular flexibility index (Phi) is 3.95. The zero-order valence-corrected chi connectivity index (χ0v) is 12.1. The highest BCUT2D eigenvalue weighted by atomic mass is 79.9. The zero-order valence-electron chi connectivity index (χ0n) is 9.69. The Hall–Kier alpha value is -2.07. The van der Waals surface area contributed by atoms with Gasteiger partial charge in [-0.1, -0.05) is 0 Å². The van der Waals surface area contributed by atoms with E-state index in [1.807, 2.05) is 0 Å². The lowest BCUT2D eigenvalue weighted by Gasteiger charge is -2.08. The Morgan fingerprint density at radius 2 is 2.05 bits per heavy atom. The van der Waals surface area contributed by atoms with Gasteiger partial charge in [0.2, 0.25) is 0 Å². The van der Waals surface area contributed by atoms with E-state index in [4.69, 9.17) is 5.11 Å². The first kappa shape index (κ1) is 14.3. The minimum atomic E-state index is -3.94. The molecule has 0 amide bonds. The normalized spacial score (nSPS) is 11.1. The molecule has 2 N–H and O–H groups in total. The molecule has 0 unspecified atom stereocenters. The van der Waals surface area contributed by atoms with Crippen LogP contribution in [0.25, 0.3) is 0 Å². The Balaban J connectivity index is 2.37. The first-order chi connectivity index (χ1) is 9.40. The predicted octanol–water partition coefficient (Wildman–Crippen LogP) is 1.13. The van der Waals surface area contributed by atoms with Gasteiger partial charge in [-0.25, -0.2) is 22.9 Å². The average molecular weight is 359 g/mol. The van der Waals surface area contributed by atoms with Crippen LogP contribution in [0.4, 0.5) is 5.95 Å². The molecule has 0 aliphatic heterocycles. The smallest absolute Gasteiger partial charge is 0.335 e. The molecule has 8 nitrogen and oxygen atoms in total. The fourth-order valence-electron chi connectivity index (χ4n) is 1.32. The van der Waals surface area contributed by atoms with Crippen molar-refractivity contribution >= 4 is 37.9 Å². The van der Waals surface area contributed by atoms with Gasteiger partial charge in [-0.2, -0.15) is 5.10 Å². The van der Waals surface area contributed by atoms with Crippen molar-refractivity contribution in [3.8, 4) is 0 Å². The molecule has 1 aromatic heterocycles. The Morgan fingerprint density at radius 3 is 2.60 bits per heavy atom. The first-order valence-electron chi connectivity index (χ1n) is 5.09. The van der Waals surface area contributed by atoms with E-state index in [-0.39, 0.29) is 20.9 Å². The average Bonchev–Trinajstić information content (AvgIpc) is 2.38. The highest BCUT2D eigenvalue weighted by Gasteiger charge is 2.20. The Bertz CT molecular complexity index is 751. The van der Waals surface area contributed by atoms with Gasteiger partial charge in [-0.15, -0.1) is 5.10 Å². The maximum absolute atomic E-state index is 12.1. The monoisotopic (exact) mass is 358 g/mol. The summed E-state index contributed by atoms with van der Waals surface area (Å²) in [5, 5.41) is 15.8. The van der Waals surface area contributed by atoms with Crippen LogP contribution in [-0.4, -0.2) is 34.7 Å². The summed E-state index contributed by atoms with van der Waals surface area (Å²) in [4.78, 5) is 14.4. The largest absolute Gasteiger partial charge is 0.478 e. The molecule has 0 atom stereocenters. The number of halogens is 1. The van der Waals surface area contributed by atoms with Crippen LogP contribution in [0.15, 0.2) is 40.0 Å². The van der Waals surface area contributed by atoms with Crippen LogP contribution in [0.5, 0.6) is 0 Å². The molecule has 0 spiro atoms. The standard InChI is InChI=1S/C10H7BrN4O4S/c11-7-5-6(9(16)17)1-2-8(7)20(18,19)15-10-12-3-4-13-14-10/h1-5H,(H,16,17)(H,12,14,15). The maximum Gasteiger partial charge on any atom is 0.335 e. The number of hydrogen-bond donors (Lipinski definition) is 2. The van der Waals surface area contributed by atoms with E-state index in [1.54, 1.807) is 0 Å². The molecule has 0 bridgehead atoms. The molecule has 104 valence electrons. The summed E-state index contributed by atoms with van der Waals surface area (Å²) < 4.78 is 26.5. The van der Waals surface area contributed by atoms with Crippen LogP contribution in [0.1, 0.15) is 10.4 Å². The van der Waals surface area contributed by atoms with E-state index in [0.717, 1.165) is 0 Å². The molecule has 0 fully saturated rings. The second kappa shape index (κ2) is 5.51. The molecular formula is C10H7BrN4O4S. The Morgan fingerprint density at radius 1 is 1.30 bits per heavy atom. The van der Waals surface area contributed by atoms with E-state index >= 15 is 0 Å². The van der Waals surface area contributed by atoms with Crippen molar-refractivity contribution in [2.24, 2.45) is 0 Å². The summed E-state index contributed by atoms with van der Waals surface area (Å²) in [6.45, 7) is 0. The number of hydrogen-bond acceptors (Lipinski definition) is 6. The van der Waals surface area contributed by atoms with Gasteiger partial charge in [0.15, 0.2) is 0 Å². The number of aromatic carboxylic acids is 1. The van der Waals surface area contributed by atoms with E-state index in [2.05, 4.69) is 35.8 Å². The van der Waals surface area contributed by atoms with Crippen LogP contribution in [0.3, 0.4) is 0 Å². The number of carboxylic acids is 1. The summed E-state index contributed by atoms with van der Waals surface area (Å²) in [5.74, 6) is -1.33. The van der Waals surface area contributed by atoms with Gasteiger partial charge in [0.25, 0.3) is 16.0 Å². The molecule has 10 heteroatoms. The minimum Gasteiger partial charge on any atom is -0.478 e. The van der Waals surface area contributed by atoms with Crippen molar-refractivity contribution in [3.05, 3.63) is 40.6 Å². The molecule has 0 aliphatic rings. The zero-order chi connectivity index (χ0) is 14.8. The summed E-state index contributed by atoms with van der Waals surface area (Å²) in [5.41, 5.74) is -0.0338. The third kappa shape index (κ3) is 3.08. The molecule has 1 aromatic carbocycles. The third-order valence-electron chi connectivity index (χ3n) is 2.18. The van der Waals surface area contributed by atoms with E-state index in [9.17, 15) is 13.2 Å². The molecule has 0 radical (unpaired) electrons. The topological polar surface area (TPSA) is 122 Å². The quantitative estimate of drug-likeness (QED) is 0.839. The number of rotatable bonds is 4. The van der Waals surface area contributed by atoms with Gasteiger partial charge in [0, 0.05) is 4.47 Å². The van der Waals surface area contributed by atoms with Gasteiger partial charge in [-0.3, -0.25) is 0 Å². The van der Waals surface area contributed by atoms with Crippen LogP contribution >= 0.6 is 15.9 Å². The van der Waals surface area contributed by atoms with Crippen LogP contribution < -0.4 is 4.72 Å².